The molecule has 0 saturated heterocycles. The van der Waals surface area contributed by atoms with Crippen molar-refractivity contribution in [2.75, 3.05) is 5.43 Å². The monoisotopic (exact) mass is 243 g/mol. The van der Waals surface area contributed by atoms with E-state index in [0.29, 0.717) is 5.69 Å². The van der Waals surface area contributed by atoms with Crippen LogP contribution in [-0.2, 0) is 7.05 Å². The van der Waals surface area contributed by atoms with Gasteiger partial charge in [-0.1, -0.05) is 6.07 Å². The smallest absolute Gasteiger partial charge is 0.335 e. The maximum Gasteiger partial charge on any atom is 0.335 e. The van der Waals surface area contributed by atoms with Crippen molar-refractivity contribution >= 4 is 17.9 Å². The number of aryl methyl sites for hydroxylation is 1. The van der Waals surface area contributed by atoms with Gasteiger partial charge in [-0.05, 0) is 30.3 Å². The molecule has 0 fully saturated rings. The van der Waals surface area contributed by atoms with E-state index in [1.807, 2.05) is 29.9 Å². The van der Waals surface area contributed by atoms with Gasteiger partial charge in [-0.2, -0.15) is 5.10 Å². The summed E-state index contributed by atoms with van der Waals surface area (Å²) >= 11 is 0. The standard InChI is InChI=1S/C13H13N3O2/c1-16-7-3-6-12(16)9-14-15-11-5-2-4-10(8-11)13(17)18/h2-9,15H,1H3,(H,17,18)/b14-9+. The van der Waals surface area contributed by atoms with Gasteiger partial charge in [0.1, 0.15) is 0 Å². The molecule has 2 aromatic rings. The molecule has 2 rings (SSSR count). The van der Waals surface area contributed by atoms with E-state index < -0.39 is 5.97 Å². The summed E-state index contributed by atoms with van der Waals surface area (Å²) in [4.78, 5) is 10.8. The predicted octanol–water partition coefficient (Wildman–Crippen LogP) is 2.17. The number of carbonyl (C=O) groups is 1. The summed E-state index contributed by atoms with van der Waals surface area (Å²) in [6.45, 7) is 0. The first-order chi connectivity index (χ1) is 8.66. The quantitative estimate of drug-likeness (QED) is 0.638. The number of benzene rings is 1. The molecular formula is C13H13N3O2. The van der Waals surface area contributed by atoms with Gasteiger partial charge >= 0.3 is 5.97 Å². The normalized spacial score (nSPS) is 10.7. The molecule has 0 aliphatic carbocycles. The van der Waals surface area contributed by atoms with Gasteiger partial charge in [-0.15, -0.1) is 0 Å². The number of aromatic nitrogens is 1. The third-order valence-electron chi connectivity index (χ3n) is 2.48. The van der Waals surface area contributed by atoms with Gasteiger partial charge in [-0.25, -0.2) is 4.79 Å². The molecule has 0 aliphatic heterocycles. The van der Waals surface area contributed by atoms with Crippen LogP contribution in [0.2, 0.25) is 0 Å². The minimum Gasteiger partial charge on any atom is -0.478 e. The topological polar surface area (TPSA) is 66.6 Å². The fourth-order valence-electron chi connectivity index (χ4n) is 1.50. The molecule has 1 heterocycles. The molecule has 0 aliphatic rings. The SMILES string of the molecule is Cn1cccc1/C=N/Nc1cccc(C(=O)O)c1. The van der Waals surface area contributed by atoms with E-state index in [1.54, 1.807) is 18.3 Å². The Morgan fingerprint density at radius 1 is 1.39 bits per heavy atom. The number of nitrogens with one attached hydrogen (secondary N) is 1. The van der Waals surface area contributed by atoms with E-state index in [4.69, 9.17) is 5.11 Å². The largest absolute Gasteiger partial charge is 0.478 e. The summed E-state index contributed by atoms with van der Waals surface area (Å²) in [5, 5.41) is 12.9. The van der Waals surface area contributed by atoms with Crippen LogP contribution in [0.5, 0.6) is 0 Å². The number of aromatic carboxylic acids is 1. The average molecular weight is 243 g/mol. The Bertz CT molecular complexity index is 587. The molecule has 0 spiro atoms. The summed E-state index contributed by atoms with van der Waals surface area (Å²) in [5.74, 6) is -0.954. The Kier molecular flexibility index (Phi) is 3.43. The molecule has 0 amide bonds. The van der Waals surface area contributed by atoms with Crippen LogP contribution < -0.4 is 5.43 Å². The van der Waals surface area contributed by atoms with Crippen LogP contribution in [0.3, 0.4) is 0 Å². The van der Waals surface area contributed by atoms with Crippen LogP contribution >= 0.6 is 0 Å². The van der Waals surface area contributed by atoms with Crippen LogP contribution in [0, 0.1) is 0 Å². The number of hydrogen-bond acceptors (Lipinski definition) is 3. The van der Waals surface area contributed by atoms with E-state index >= 15 is 0 Å². The number of rotatable bonds is 4. The fourth-order valence-corrected chi connectivity index (χ4v) is 1.50. The zero-order valence-electron chi connectivity index (χ0n) is 9.87. The number of nitrogens with zero attached hydrogens (tertiary/aromatic N) is 2. The van der Waals surface area contributed by atoms with Crippen LogP contribution in [0.1, 0.15) is 16.1 Å². The molecular weight excluding hydrogens is 230 g/mol. The van der Waals surface area contributed by atoms with E-state index in [1.165, 1.54) is 12.1 Å². The zero-order valence-corrected chi connectivity index (χ0v) is 9.87. The van der Waals surface area contributed by atoms with E-state index in [9.17, 15) is 4.79 Å². The number of hydrogen-bond donors (Lipinski definition) is 2. The van der Waals surface area contributed by atoms with Crippen LogP contribution in [-0.4, -0.2) is 21.9 Å². The number of carboxylic acids is 1. The maximum absolute atomic E-state index is 10.8. The molecule has 1 aromatic heterocycles. The first kappa shape index (κ1) is 11.9. The highest BCUT2D eigenvalue weighted by Gasteiger charge is 2.01. The van der Waals surface area contributed by atoms with E-state index in [-0.39, 0.29) is 5.56 Å². The van der Waals surface area contributed by atoms with Crippen LogP contribution in [0.15, 0.2) is 47.7 Å². The second-order valence-electron chi connectivity index (χ2n) is 3.80. The second kappa shape index (κ2) is 5.18. The van der Waals surface area contributed by atoms with Crippen molar-refractivity contribution in [1.29, 1.82) is 0 Å². The third-order valence-corrected chi connectivity index (χ3v) is 2.48. The minimum absolute atomic E-state index is 0.231. The van der Waals surface area contributed by atoms with Gasteiger partial charge in [0.25, 0.3) is 0 Å². The van der Waals surface area contributed by atoms with Crippen molar-refractivity contribution < 1.29 is 9.90 Å². The summed E-state index contributed by atoms with van der Waals surface area (Å²) in [6, 6.07) is 10.4. The van der Waals surface area contributed by atoms with Gasteiger partial charge in [0.15, 0.2) is 0 Å². The molecule has 0 atom stereocenters. The van der Waals surface area contributed by atoms with Gasteiger partial charge in [-0.3, -0.25) is 5.43 Å². The second-order valence-corrected chi connectivity index (χ2v) is 3.80. The Morgan fingerprint density at radius 3 is 2.89 bits per heavy atom. The van der Waals surface area contributed by atoms with Crippen molar-refractivity contribution in [2.45, 2.75) is 0 Å². The molecule has 1 aromatic carbocycles. The molecule has 0 bridgehead atoms. The Balaban J connectivity index is 2.06. The van der Waals surface area contributed by atoms with Crippen LogP contribution in [0.25, 0.3) is 0 Å². The van der Waals surface area contributed by atoms with Gasteiger partial charge in [0, 0.05) is 13.2 Å². The Hall–Kier alpha value is -2.56. The lowest BCUT2D eigenvalue weighted by Gasteiger charge is -2.01. The number of hydrazone groups is 1. The predicted molar refractivity (Wildman–Crippen MR) is 70.0 cm³/mol. The van der Waals surface area contributed by atoms with Crippen molar-refractivity contribution in [3.63, 3.8) is 0 Å². The Morgan fingerprint density at radius 2 is 2.22 bits per heavy atom. The van der Waals surface area contributed by atoms with Crippen molar-refractivity contribution in [2.24, 2.45) is 12.1 Å². The molecule has 18 heavy (non-hydrogen) atoms. The molecule has 92 valence electrons. The lowest BCUT2D eigenvalue weighted by Crippen LogP contribution is -1.98. The highest BCUT2D eigenvalue weighted by Crippen LogP contribution is 2.10. The lowest BCUT2D eigenvalue weighted by molar-refractivity contribution is 0.0697. The molecule has 5 heteroatoms. The Labute approximate surface area is 104 Å². The van der Waals surface area contributed by atoms with Gasteiger partial charge < -0.3 is 9.67 Å². The van der Waals surface area contributed by atoms with Crippen molar-refractivity contribution in [3.05, 3.63) is 53.9 Å². The lowest BCUT2D eigenvalue weighted by atomic mass is 10.2. The molecule has 5 nitrogen and oxygen atoms in total. The highest BCUT2D eigenvalue weighted by molar-refractivity contribution is 5.88. The highest BCUT2D eigenvalue weighted by atomic mass is 16.4. The van der Waals surface area contributed by atoms with Crippen LogP contribution in [0.4, 0.5) is 5.69 Å². The zero-order chi connectivity index (χ0) is 13.0. The van der Waals surface area contributed by atoms with Gasteiger partial charge in [0.2, 0.25) is 0 Å². The fraction of sp³-hybridized carbons (Fsp3) is 0.0769. The van der Waals surface area contributed by atoms with E-state index in [2.05, 4.69) is 10.5 Å². The summed E-state index contributed by atoms with van der Waals surface area (Å²) in [6.07, 6.45) is 3.60. The molecule has 0 radical (unpaired) electrons. The molecule has 0 unspecified atom stereocenters. The first-order valence-corrected chi connectivity index (χ1v) is 5.40. The maximum atomic E-state index is 10.8. The summed E-state index contributed by atoms with van der Waals surface area (Å²) < 4.78 is 1.93. The van der Waals surface area contributed by atoms with E-state index in [0.717, 1.165) is 5.69 Å². The van der Waals surface area contributed by atoms with Crippen molar-refractivity contribution in [3.8, 4) is 0 Å². The third kappa shape index (κ3) is 2.76. The summed E-state index contributed by atoms with van der Waals surface area (Å²) in [5.41, 5.74) is 4.62. The first-order valence-electron chi connectivity index (χ1n) is 5.40. The number of carboxylic acid groups (broad SMARTS) is 1. The molecule has 2 N–H and O–H groups in total. The average Bonchev–Trinajstić information content (AvgIpc) is 2.76. The van der Waals surface area contributed by atoms with Crippen molar-refractivity contribution in [1.82, 2.24) is 4.57 Å². The minimum atomic E-state index is -0.954. The molecule has 0 saturated carbocycles. The van der Waals surface area contributed by atoms with Gasteiger partial charge in [0.05, 0.1) is 23.2 Å². The summed E-state index contributed by atoms with van der Waals surface area (Å²) in [7, 11) is 1.92. The number of anilines is 1.